The summed E-state index contributed by atoms with van der Waals surface area (Å²) in [4.78, 5) is 22.9. The lowest BCUT2D eigenvalue weighted by molar-refractivity contribution is -0.141. The van der Waals surface area contributed by atoms with E-state index in [1.165, 1.54) is 0 Å². The summed E-state index contributed by atoms with van der Waals surface area (Å²) in [6, 6.07) is 13.9. The molecule has 7 nitrogen and oxygen atoms in total. The zero-order chi connectivity index (χ0) is 26.3. The van der Waals surface area contributed by atoms with E-state index in [0.29, 0.717) is 22.8 Å². The highest BCUT2D eigenvalue weighted by atomic mass is 32.2. The first-order valence-corrected chi connectivity index (χ1v) is 13.3. The molecule has 0 saturated carbocycles. The Morgan fingerprint density at radius 3 is 2.50 bits per heavy atom. The summed E-state index contributed by atoms with van der Waals surface area (Å²) in [5.74, 6) is 2.53. The van der Waals surface area contributed by atoms with E-state index < -0.39 is 11.9 Å². The molecule has 0 radical (unpaired) electrons. The monoisotopic (exact) mass is 543 g/mol. The summed E-state index contributed by atoms with van der Waals surface area (Å²) in [5, 5.41) is 0.0578. The van der Waals surface area contributed by atoms with Crippen molar-refractivity contribution < 1.29 is 32.2 Å². The van der Waals surface area contributed by atoms with E-state index in [4.69, 9.17) is 14.2 Å². The highest BCUT2D eigenvalue weighted by molar-refractivity contribution is 7.98. The molecule has 1 aromatic heterocycles. The lowest BCUT2D eigenvalue weighted by atomic mass is 9.98. The third kappa shape index (κ3) is 5.11. The van der Waals surface area contributed by atoms with Crippen LogP contribution >= 0.6 is 11.8 Å². The minimum absolute atomic E-state index is 0.000515. The van der Waals surface area contributed by atoms with E-state index in [9.17, 15) is 18.0 Å². The fourth-order valence-electron chi connectivity index (χ4n) is 5.31. The van der Waals surface area contributed by atoms with Crippen LogP contribution in [0.25, 0.3) is 0 Å². The first kappa shape index (κ1) is 24.8. The quantitative estimate of drug-likeness (QED) is 0.290. The van der Waals surface area contributed by atoms with Crippen molar-refractivity contribution in [1.82, 2.24) is 14.9 Å². The molecule has 2 bridgehead atoms. The molecule has 38 heavy (non-hydrogen) atoms. The highest BCUT2D eigenvalue weighted by Gasteiger charge is 2.44. The van der Waals surface area contributed by atoms with Crippen LogP contribution in [-0.4, -0.2) is 45.8 Å². The summed E-state index contributed by atoms with van der Waals surface area (Å²) < 4.78 is 55.7. The van der Waals surface area contributed by atoms with Crippen LogP contribution in [0.1, 0.15) is 47.3 Å². The maximum absolute atomic E-state index is 13.4. The first-order valence-electron chi connectivity index (χ1n) is 12.3. The van der Waals surface area contributed by atoms with E-state index >= 15 is 0 Å². The number of benzene rings is 2. The van der Waals surface area contributed by atoms with Crippen LogP contribution < -0.4 is 14.2 Å². The van der Waals surface area contributed by atoms with Gasteiger partial charge in [0.25, 0.3) is 5.91 Å². The number of ether oxygens (including phenoxy) is 3. The Bertz CT molecular complexity index is 1320. The van der Waals surface area contributed by atoms with Gasteiger partial charge in [-0.1, -0.05) is 23.9 Å². The second kappa shape index (κ2) is 10.0. The van der Waals surface area contributed by atoms with Gasteiger partial charge < -0.3 is 19.1 Å². The number of alkyl halides is 3. The van der Waals surface area contributed by atoms with Crippen LogP contribution in [0.2, 0.25) is 0 Å². The summed E-state index contributed by atoms with van der Waals surface area (Å²) in [6.45, 7) is 0.216. The molecular formula is C27H24F3N3O4S. The fraction of sp³-hybridized carbons (Fsp3) is 0.370. The van der Waals surface area contributed by atoms with Crippen molar-refractivity contribution in [2.24, 2.45) is 0 Å². The third-order valence-electron chi connectivity index (χ3n) is 7.06. The number of piperidine rings is 1. The van der Waals surface area contributed by atoms with Crippen molar-refractivity contribution in [2.45, 2.75) is 61.0 Å². The normalized spacial score (nSPS) is 22.0. The Morgan fingerprint density at radius 1 is 1.03 bits per heavy atom. The highest BCUT2D eigenvalue weighted by Crippen LogP contribution is 2.40. The van der Waals surface area contributed by atoms with Gasteiger partial charge in [0.15, 0.2) is 16.7 Å². The number of aromatic nitrogens is 2. The Kier molecular flexibility index (Phi) is 6.55. The molecule has 0 unspecified atom stereocenters. The number of carbonyl (C=O) groups excluding carboxylic acids is 1. The van der Waals surface area contributed by atoms with Crippen LogP contribution in [-0.2, 0) is 11.9 Å². The van der Waals surface area contributed by atoms with Crippen molar-refractivity contribution in [2.75, 3.05) is 6.79 Å². The van der Waals surface area contributed by atoms with Crippen LogP contribution in [0.3, 0.4) is 0 Å². The van der Waals surface area contributed by atoms with E-state index in [0.717, 1.165) is 61.0 Å². The van der Waals surface area contributed by atoms with Crippen molar-refractivity contribution in [1.29, 1.82) is 0 Å². The molecule has 2 saturated heterocycles. The molecule has 3 aromatic rings. The predicted octanol–water partition coefficient (Wildman–Crippen LogP) is 5.73. The Morgan fingerprint density at radius 2 is 1.76 bits per heavy atom. The summed E-state index contributed by atoms with van der Waals surface area (Å²) in [5.41, 5.74) is 0.503. The molecular weight excluding hydrogens is 519 g/mol. The van der Waals surface area contributed by atoms with Crippen LogP contribution in [0.5, 0.6) is 17.2 Å². The summed E-state index contributed by atoms with van der Waals surface area (Å²) in [7, 11) is 0. The van der Waals surface area contributed by atoms with E-state index in [1.807, 2.05) is 35.2 Å². The number of carbonyl (C=O) groups is 1. The molecule has 11 heteroatoms. The summed E-state index contributed by atoms with van der Waals surface area (Å²) in [6.07, 6.45) is 0.0511. The van der Waals surface area contributed by atoms with Crippen LogP contribution in [0.15, 0.2) is 59.9 Å². The second-order valence-corrected chi connectivity index (χ2v) is 10.5. The summed E-state index contributed by atoms with van der Waals surface area (Å²) >= 11 is 1.12. The van der Waals surface area contributed by atoms with Gasteiger partial charge in [0.05, 0.1) is 0 Å². The Labute approximate surface area is 221 Å². The van der Waals surface area contributed by atoms with Crippen molar-refractivity contribution in [3.8, 4) is 17.2 Å². The van der Waals surface area contributed by atoms with Gasteiger partial charge in [0, 0.05) is 48.5 Å². The number of halogens is 3. The molecule has 2 atom stereocenters. The second-order valence-electron chi connectivity index (χ2n) is 9.53. The third-order valence-corrected chi connectivity index (χ3v) is 8.00. The number of rotatable bonds is 6. The number of nitrogens with zero attached hydrogens (tertiary/aromatic N) is 3. The largest absolute Gasteiger partial charge is 0.490 e. The number of amides is 1. The van der Waals surface area contributed by atoms with Crippen molar-refractivity contribution in [3.05, 3.63) is 71.5 Å². The standard InChI is InChI=1S/C27H24F3N3O4S/c28-27(29,30)24-9-10-31-26(32-24)38-14-16-1-3-17(4-2-16)25(34)33-18-5-6-19(33)12-21(11-18)37-20-7-8-22-23(13-20)36-15-35-22/h1-4,7-10,13,18-19,21H,5-6,11-12,14-15H2/t18-,19-/m0/s1. The topological polar surface area (TPSA) is 73.8 Å². The average molecular weight is 544 g/mol. The van der Waals surface area contributed by atoms with Gasteiger partial charge in [-0.05, 0) is 48.7 Å². The molecule has 0 N–H and O–H groups in total. The first-order chi connectivity index (χ1) is 18.3. The maximum atomic E-state index is 13.4. The zero-order valence-corrected chi connectivity index (χ0v) is 21.0. The van der Waals surface area contributed by atoms with Crippen LogP contribution in [0.4, 0.5) is 13.2 Å². The Balaban J connectivity index is 1.06. The molecule has 1 amide bonds. The van der Waals surface area contributed by atoms with Gasteiger partial charge in [-0.15, -0.1) is 0 Å². The van der Waals surface area contributed by atoms with Gasteiger partial charge >= 0.3 is 6.18 Å². The number of thioether (sulfide) groups is 1. The molecule has 2 aromatic carbocycles. The number of hydrogen-bond donors (Lipinski definition) is 0. The zero-order valence-electron chi connectivity index (χ0n) is 20.2. The minimum Gasteiger partial charge on any atom is -0.490 e. The van der Waals surface area contributed by atoms with Crippen LogP contribution in [0, 0.1) is 0 Å². The van der Waals surface area contributed by atoms with E-state index in [1.54, 1.807) is 12.1 Å². The van der Waals surface area contributed by atoms with Gasteiger partial charge in [-0.25, -0.2) is 9.97 Å². The molecule has 3 aliphatic rings. The molecule has 198 valence electrons. The molecule has 2 fully saturated rings. The number of fused-ring (bicyclic) bond motifs is 3. The van der Waals surface area contributed by atoms with Gasteiger partial charge in [-0.3, -0.25) is 4.79 Å². The van der Waals surface area contributed by atoms with E-state index in [2.05, 4.69) is 9.97 Å². The molecule has 0 aliphatic carbocycles. The lowest BCUT2D eigenvalue weighted by Crippen LogP contribution is -2.49. The fourth-order valence-corrected chi connectivity index (χ4v) is 6.09. The van der Waals surface area contributed by atoms with Crippen molar-refractivity contribution >= 4 is 17.7 Å². The van der Waals surface area contributed by atoms with Gasteiger partial charge in [-0.2, -0.15) is 13.2 Å². The van der Waals surface area contributed by atoms with Gasteiger partial charge in [0.1, 0.15) is 17.5 Å². The lowest BCUT2D eigenvalue weighted by Gasteiger charge is -2.39. The molecule has 3 aliphatic heterocycles. The minimum atomic E-state index is -4.51. The van der Waals surface area contributed by atoms with Gasteiger partial charge in [0.2, 0.25) is 6.79 Å². The SMILES string of the molecule is O=C(c1ccc(CSc2nccc(C(F)(F)F)n2)cc1)N1[C@H]2CC[C@H]1CC(Oc1ccc3c(c1)OCO3)C2. The molecule has 6 rings (SSSR count). The van der Waals surface area contributed by atoms with Crippen molar-refractivity contribution in [3.63, 3.8) is 0 Å². The number of hydrogen-bond acceptors (Lipinski definition) is 7. The smallest absolute Gasteiger partial charge is 0.433 e. The average Bonchev–Trinajstić information content (AvgIpc) is 3.48. The predicted molar refractivity (Wildman–Crippen MR) is 132 cm³/mol. The maximum Gasteiger partial charge on any atom is 0.433 e. The van der Waals surface area contributed by atoms with E-state index in [-0.39, 0.29) is 36.0 Å². The Hall–Kier alpha value is -3.47. The molecule has 4 heterocycles. The molecule has 0 spiro atoms.